The number of esters is 1. The van der Waals surface area contributed by atoms with Gasteiger partial charge in [0.1, 0.15) is 11.6 Å². The lowest BCUT2D eigenvalue weighted by Crippen LogP contribution is -2.08. The number of thiazole rings is 1. The Bertz CT molecular complexity index is 808. The largest absolute Gasteiger partial charge is 0.461 e. The summed E-state index contributed by atoms with van der Waals surface area (Å²) in [5.41, 5.74) is 7.67. The Labute approximate surface area is 123 Å². The maximum Gasteiger partial charge on any atom is 0.360 e. The average molecular weight is 305 g/mol. The van der Waals surface area contributed by atoms with Crippen LogP contribution in [0, 0.1) is 5.82 Å². The number of hydrogen-bond acceptors (Lipinski definition) is 5. The van der Waals surface area contributed by atoms with Crippen molar-refractivity contribution >= 4 is 28.1 Å². The van der Waals surface area contributed by atoms with E-state index in [1.54, 1.807) is 23.5 Å². The molecule has 2 heterocycles. The van der Waals surface area contributed by atoms with Crippen LogP contribution in [0.2, 0.25) is 0 Å². The third kappa shape index (κ3) is 2.25. The number of benzene rings is 1. The topological polar surface area (TPSA) is 69.6 Å². The number of nitrogen functional groups attached to an aromatic ring is 1. The van der Waals surface area contributed by atoms with Crippen LogP contribution in [0.4, 0.5) is 10.2 Å². The Balaban J connectivity index is 2.13. The lowest BCUT2D eigenvalue weighted by Gasteiger charge is -2.03. The summed E-state index contributed by atoms with van der Waals surface area (Å²) in [6, 6.07) is 6.05. The first-order chi connectivity index (χ1) is 10.1. The van der Waals surface area contributed by atoms with Crippen molar-refractivity contribution in [2.24, 2.45) is 0 Å². The predicted molar refractivity (Wildman–Crippen MR) is 78.8 cm³/mol. The van der Waals surface area contributed by atoms with Crippen LogP contribution in [0.25, 0.3) is 16.2 Å². The third-order valence-electron chi connectivity index (χ3n) is 3.01. The number of fused-ring (bicyclic) bond motifs is 1. The second-order valence-corrected chi connectivity index (χ2v) is 5.15. The van der Waals surface area contributed by atoms with Crippen molar-refractivity contribution in [3.05, 3.63) is 41.2 Å². The molecule has 0 aliphatic rings. The number of carbonyl (C=O) groups excluding carboxylic acids is 1. The highest BCUT2D eigenvalue weighted by atomic mass is 32.1. The highest BCUT2D eigenvalue weighted by molar-refractivity contribution is 7.15. The normalized spacial score (nSPS) is 11.0. The second-order valence-electron chi connectivity index (χ2n) is 4.31. The van der Waals surface area contributed by atoms with E-state index in [-0.39, 0.29) is 23.9 Å². The first-order valence-electron chi connectivity index (χ1n) is 6.30. The van der Waals surface area contributed by atoms with Crippen LogP contribution >= 0.6 is 11.3 Å². The summed E-state index contributed by atoms with van der Waals surface area (Å²) in [6.45, 7) is 1.98. The van der Waals surface area contributed by atoms with Crippen molar-refractivity contribution in [2.75, 3.05) is 12.3 Å². The molecule has 1 aromatic carbocycles. The molecule has 21 heavy (non-hydrogen) atoms. The number of aromatic nitrogens is 2. The molecule has 3 aromatic rings. The maximum atomic E-state index is 13.0. The molecule has 0 spiro atoms. The molecule has 5 nitrogen and oxygen atoms in total. The quantitative estimate of drug-likeness (QED) is 0.755. The molecule has 0 bridgehead atoms. The molecule has 0 atom stereocenters. The molecule has 3 rings (SSSR count). The van der Waals surface area contributed by atoms with E-state index in [0.29, 0.717) is 4.96 Å². The molecule has 0 saturated heterocycles. The van der Waals surface area contributed by atoms with Crippen LogP contribution in [0.1, 0.15) is 17.4 Å². The van der Waals surface area contributed by atoms with Crippen molar-refractivity contribution in [3.63, 3.8) is 0 Å². The summed E-state index contributed by atoms with van der Waals surface area (Å²) in [6.07, 6.45) is 0. The molecule has 2 aromatic heterocycles. The zero-order valence-electron chi connectivity index (χ0n) is 11.2. The van der Waals surface area contributed by atoms with Gasteiger partial charge in [-0.3, -0.25) is 4.40 Å². The molecular weight excluding hydrogens is 293 g/mol. The van der Waals surface area contributed by atoms with Crippen LogP contribution in [0.3, 0.4) is 0 Å². The Morgan fingerprint density at radius 3 is 2.81 bits per heavy atom. The number of hydrogen-bond donors (Lipinski definition) is 1. The number of anilines is 1. The van der Waals surface area contributed by atoms with E-state index in [1.165, 1.54) is 23.5 Å². The van der Waals surface area contributed by atoms with Gasteiger partial charge >= 0.3 is 5.97 Å². The fourth-order valence-electron chi connectivity index (χ4n) is 2.05. The van der Waals surface area contributed by atoms with Gasteiger partial charge in [0, 0.05) is 5.38 Å². The van der Waals surface area contributed by atoms with Gasteiger partial charge in [0.2, 0.25) is 0 Å². The van der Waals surface area contributed by atoms with E-state index >= 15 is 0 Å². The van der Waals surface area contributed by atoms with Crippen LogP contribution < -0.4 is 5.73 Å². The second kappa shape index (κ2) is 5.17. The molecule has 2 N–H and O–H groups in total. The molecule has 0 amide bonds. The van der Waals surface area contributed by atoms with Crippen LogP contribution in [-0.4, -0.2) is 22.0 Å². The fourth-order valence-corrected chi connectivity index (χ4v) is 2.96. The predicted octanol–water partition coefficient (Wildman–Crippen LogP) is 2.96. The Morgan fingerprint density at radius 2 is 2.14 bits per heavy atom. The number of nitrogens with two attached hydrogens (primary N) is 1. The Morgan fingerprint density at radius 1 is 1.43 bits per heavy atom. The first-order valence-corrected chi connectivity index (χ1v) is 7.18. The summed E-state index contributed by atoms with van der Waals surface area (Å²) in [5.74, 6) is -0.629. The highest BCUT2D eigenvalue weighted by Crippen LogP contribution is 2.30. The fraction of sp³-hybridized carbons (Fsp3) is 0.143. The van der Waals surface area contributed by atoms with Gasteiger partial charge in [-0.15, -0.1) is 11.3 Å². The van der Waals surface area contributed by atoms with E-state index in [0.717, 1.165) is 11.3 Å². The maximum absolute atomic E-state index is 13.0. The zero-order valence-corrected chi connectivity index (χ0v) is 12.0. The lowest BCUT2D eigenvalue weighted by molar-refractivity contribution is 0.0521. The van der Waals surface area contributed by atoms with Gasteiger partial charge in [0.05, 0.1) is 12.3 Å². The Kier molecular flexibility index (Phi) is 3.34. The van der Waals surface area contributed by atoms with Crippen LogP contribution in [-0.2, 0) is 4.74 Å². The summed E-state index contributed by atoms with van der Waals surface area (Å²) in [4.78, 5) is 16.6. The minimum Gasteiger partial charge on any atom is -0.461 e. The number of imidazole rings is 1. The van der Waals surface area contributed by atoms with Crippen molar-refractivity contribution in [3.8, 4) is 11.3 Å². The van der Waals surface area contributed by atoms with Crippen molar-refractivity contribution in [2.45, 2.75) is 6.92 Å². The number of carbonyl (C=O) groups is 1. The van der Waals surface area contributed by atoms with E-state index in [9.17, 15) is 9.18 Å². The molecular formula is C14H12FN3O2S. The van der Waals surface area contributed by atoms with Gasteiger partial charge in [0.15, 0.2) is 10.7 Å². The first kappa shape index (κ1) is 13.6. The van der Waals surface area contributed by atoms with Crippen molar-refractivity contribution < 1.29 is 13.9 Å². The molecule has 7 heteroatoms. The number of ether oxygens (including phenoxy) is 1. The molecule has 0 aliphatic heterocycles. The van der Waals surface area contributed by atoms with Crippen LogP contribution in [0.15, 0.2) is 29.6 Å². The Hall–Kier alpha value is -2.41. The smallest absolute Gasteiger partial charge is 0.360 e. The van der Waals surface area contributed by atoms with Crippen molar-refractivity contribution in [1.82, 2.24) is 9.38 Å². The van der Waals surface area contributed by atoms with Gasteiger partial charge in [-0.05, 0) is 36.8 Å². The van der Waals surface area contributed by atoms with Gasteiger partial charge in [-0.2, -0.15) is 0 Å². The van der Waals surface area contributed by atoms with Gasteiger partial charge < -0.3 is 10.5 Å². The standard InChI is InChI=1S/C14H12FN3O2S/c1-2-20-13(19)11-12(16)18-10(7-21-14(18)17-11)8-3-5-9(15)6-4-8/h3-7H,2,16H2,1H3. The number of nitrogens with zero attached hydrogens (tertiary/aromatic N) is 2. The highest BCUT2D eigenvalue weighted by Gasteiger charge is 2.21. The summed E-state index contributed by atoms with van der Waals surface area (Å²) in [7, 11) is 0. The third-order valence-corrected chi connectivity index (χ3v) is 3.83. The molecule has 0 unspecified atom stereocenters. The van der Waals surface area contributed by atoms with E-state index < -0.39 is 5.97 Å². The minimum atomic E-state index is -0.545. The molecule has 0 aliphatic carbocycles. The van der Waals surface area contributed by atoms with Gasteiger partial charge in [-0.1, -0.05) is 0 Å². The summed E-state index contributed by atoms with van der Waals surface area (Å²) in [5, 5.41) is 1.86. The van der Waals surface area contributed by atoms with Gasteiger partial charge in [0.25, 0.3) is 0 Å². The summed E-state index contributed by atoms with van der Waals surface area (Å²) >= 11 is 1.35. The van der Waals surface area contributed by atoms with Crippen LogP contribution in [0.5, 0.6) is 0 Å². The monoisotopic (exact) mass is 305 g/mol. The number of halogens is 1. The molecule has 108 valence electrons. The minimum absolute atomic E-state index is 0.104. The number of rotatable bonds is 3. The molecule has 0 radical (unpaired) electrons. The van der Waals surface area contributed by atoms with Gasteiger partial charge in [-0.25, -0.2) is 14.2 Å². The zero-order chi connectivity index (χ0) is 15.0. The summed E-state index contributed by atoms with van der Waals surface area (Å²) < 4.78 is 19.6. The van der Waals surface area contributed by atoms with E-state index in [1.807, 2.05) is 5.38 Å². The average Bonchev–Trinajstić information content (AvgIpc) is 3.01. The van der Waals surface area contributed by atoms with E-state index in [4.69, 9.17) is 10.5 Å². The molecule has 0 saturated carbocycles. The lowest BCUT2D eigenvalue weighted by atomic mass is 10.2. The van der Waals surface area contributed by atoms with E-state index in [2.05, 4.69) is 4.98 Å². The molecule has 0 fully saturated rings. The van der Waals surface area contributed by atoms with Crippen molar-refractivity contribution in [1.29, 1.82) is 0 Å². The SMILES string of the molecule is CCOC(=O)c1nc2scc(-c3ccc(F)cc3)n2c1N.